The van der Waals surface area contributed by atoms with E-state index >= 15 is 0 Å². The number of nitrogens with zero attached hydrogens (tertiary/aromatic N) is 1. The Morgan fingerprint density at radius 3 is 2.81 bits per heavy atom. The Morgan fingerprint density at radius 2 is 2.25 bits per heavy atom. The van der Waals surface area contributed by atoms with Gasteiger partial charge in [0.25, 0.3) is 5.91 Å². The predicted molar refractivity (Wildman–Crippen MR) is 65.2 cm³/mol. The monoisotopic (exact) mass is 259 g/mol. The topological polar surface area (TPSA) is 54.0 Å². The fraction of sp³-hybridized carbons (Fsp3) is 0.600. The molecule has 2 fully saturated rings. The highest BCUT2D eigenvalue weighted by atomic mass is 35.5. The van der Waals surface area contributed by atoms with Crippen LogP contribution in [0.15, 0.2) is 6.20 Å². The summed E-state index contributed by atoms with van der Waals surface area (Å²) in [6.07, 6.45) is 1.66. The van der Waals surface area contributed by atoms with Crippen LogP contribution in [0.3, 0.4) is 0 Å². The van der Waals surface area contributed by atoms with Crippen LogP contribution in [0.2, 0.25) is 0 Å². The number of thiazole rings is 1. The second kappa shape index (κ2) is 4.31. The molecule has 2 N–H and O–H groups in total. The number of piperidine rings is 1. The molecule has 2 aliphatic rings. The number of aromatic nitrogens is 1. The summed E-state index contributed by atoms with van der Waals surface area (Å²) in [7, 11) is 0. The van der Waals surface area contributed by atoms with Gasteiger partial charge in [0.15, 0.2) is 0 Å². The summed E-state index contributed by atoms with van der Waals surface area (Å²) < 4.78 is 0. The molecule has 16 heavy (non-hydrogen) atoms. The normalized spacial score (nSPS) is 30.4. The summed E-state index contributed by atoms with van der Waals surface area (Å²) in [5.74, 6) is 1.38. The van der Waals surface area contributed by atoms with Gasteiger partial charge in [-0.3, -0.25) is 4.79 Å². The van der Waals surface area contributed by atoms with Crippen LogP contribution in [-0.2, 0) is 0 Å². The summed E-state index contributed by atoms with van der Waals surface area (Å²) in [5.41, 5.74) is 0. The van der Waals surface area contributed by atoms with E-state index in [0.717, 1.165) is 23.0 Å². The predicted octanol–water partition coefficient (Wildman–Crippen LogP) is 0.821. The minimum Gasteiger partial charge on any atom is -0.348 e. The van der Waals surface area contributed by atoms with Gasteiger partial charge in [-0.1, -0.05) is 0 Å². The molecule has 0 spiro atoms. The summed E-state index contributed by atoms with van der Waals surface area (Å²) >= 11 is 1.45. The van der Waals surface area contributed by atoms with Gasteiger partial charge in [0.1, 0.15) is 4.88 Å². The van der Waals surface area contributed by atoms with Crippen LogP contribution in [-0.4, -0.2) is 30.0 Å². The molecule has 6 heteroatoms. The molecule has 0 radical (unpaired) electrons. The standard InChI is InChI=1S/C10H13N3OS.ClH/c1-5-12-4-8(15-5)10(14)13-9-6-2-11-3-7(6)9;/h4,6-7,9,11H,2-3H2,1H3,(H,13,14);1H. The lowest BCUT2D eigenvalue weighted by molar-refractivity contribution is 0.0950. The number of amides is 1. The number of carbonyl (C=O) groups is 1. The van der Waals surface area contributed by atoms with E-state index < -0.39 is 0 Å². The Kier molecular flexibility index (Phi) is 3.19. The van der Waals surface area contributed by atoms with Crippen LogP contribution in [0.1, 0.15) is 14.7 Å². The number of nitrogens with one attached hydrogen (secondary N) is 2. The largest absolute Gasteiger partial charge is 0.348 e. The quantitative estimate of drug-likeness (QED) is 0.827. The summed E-state index contributed by atoms with van der Waals surface area (Å²) in [5, 5.41) is 7.33. The van der Waals surface area contributed by atoms with Crippen molar-refractivity contribution in [3.05, 3.63) is 16.1 Å². The third kappa shape index (κ3) is 1.95. The van der Waals surface area contributed by atoms with Gasteiger partial charge in [-0.25, -0.2) is 4.98 Å². The smallest absolute Gasteiger partial charge is 0.263 e. The molecule has 1 saturated heterocycles. The van der Waals surface area contributed by atoms with Gasteiger partial charge in [0.2, 0.25) is 0 Å². The van der Waals surface area contributed by atoms with E-state index in [1.807, 2.05) is 6.92 Å². The Labute approximate surface area is 104 Å². The molecule has 1 aromatic rings. The average Bonchev–Trinajstić information content (AvgIpc) is 2.66. The lowest BCUT2D eigenvalue weighted by atomic mass is 10.4. The molecule has 4 nitrogen and oxygen atoms in total. The van der Waals surface area contributed by atoms with E-state index in [0.29, 0.717) is 17.9 Å². The zero-order valence-corrected chi connectivity index (χ0v) is 10.5. The van der Waals surface area contributed by atoms with Crippen molar-refractivity contribution in [3.8, 4) is 0 Å². The highest BCUT2D eigenvalue weighted by molar-refractivity contribution is 7.13. The van der Waals surface area contributed by atoms with Crippen molar-refractivity contribution in [1.82, 2.24) is 15.6 Å². The lowest BCUT2D eigenvalue weighted by Crippen LogP contribution is -2.32. The second-order valence-electron chi connectivity index (χ2n) is 4.23. The molecule has 3 rings (SSSR count). The molecule has 2 heterocycles. The minimum atomic E-state index is 0. The van der Waals surface area contributed by atoms with Gasteiger partial charge in [-0.15, -0.1) is 23.7 Å². The fourth-order valence-electron chi connectivity index (χ4n) is 2.32. The van der Waals surface area contributed by atoms with Crippen LogP contribution in [0.4, 0.5) is 0 Å². The van der Waals surface area contributed by atoms with Crippen molar-refractivity contribution in [3.63, 3.8) is 0 Å². The molecule has 2 atom stereocenters. The van der Waals surface area contributed by atoms with Gasteiger partial charge < -0.3 is 10.6 Å². The van der Waals surface area contributed by atoms with E-state index in [1.165, 1.54) is 11.3 Å². The Bertz CT molecular complexity index is 399. The van der Waals surface area contributed by atoms with Crippen LogP contribution in [0.25, 0.3) is 0 Å². The number of carbonyl (C=O) groups excluding carboxylic acids is 1. The van der Waals surface area contributed by atoms with Crippen molar-refractivity contribution < 1.29 is 4.79 Å². The number of hydrogen-bond acceptors (Lipinski definition) is 4. The van der Waals surface area contributed by atoms with E-state index in [4.69, 9.17) is 0 Å². The van der Waals surface area contributed by atoms with Gasteiger partial charge in [-0.05, 0) is 18.8 Å². The third-order valence-corrected chi connectivity index (χ3v) is 4.15. The van der Waals surface area contributed by atoms with Gasteiger partial charge in [-0.2, -0.15) is 0 Å². The second-order valence-corrected chi connectivity index (χ2v) is 5.46. The molecule has 1 saturated carbocycles. The lowest BCUT2D eigenvalue weighted by Gasteiger charge is -2.05. The van der Waals surface area contributed by atoms with Crippen molar-refractivity contribution in [1.29, 1.82) is 0 Å². The summed E-state index contributed by atoms with van der Waals surface area (Å²) in [6, 6.07) is 0.404. The Hall–Kier alpha value is -0.650. The van der Waals surface area contributed by atoms with Crippen molar-refractivity contribution >= 4 is 29.7 Å². The van der Waals surface area contributed by atoms with Crippen molar-refractivity contribution in [2.45, 2.75) is 13.0 Å². The maximum absolute atomic E-state index is 11.8. The molecule has 2 unspecified atom stereocenters. The van der Waals surface area contributed by atoms with Crippen LogP contribution in [0, 0.1) is 18.8 Å². The highest BCUT2D eigenvalue weighted by Crippen LogP contribution is 2.41. The number of rotatable bonds is 2. The molecular weight excluding hydrogens is 246 g/mol. The van der Waals surface area contributed by atoms with Gasteiger partial charge in [0.05, 0.1) is 11.2 Å². The first kappa shape index (κ1) is 11.8. The first-order valence-electron chi connectivity index (χ1n) is 5.20. The molecule has 1 aliphatic carbocycles. The van der Waals surface area contributed by atoms with E-state index in [9.17, 15) is 4.79 Å². The van der Waals surface area contributed by atoms with Crippen molar-refractivity contribution in [2.24, 2.45) is 11.8 Å². The van der Waals surface area contributed by atoms with Crippen molar-refractivity contribution in [2.75, 3.05) is 13.1 Å². The first-order chi connectivity index (χ1) is 7.25. The maximum Gasteiger partial charge on any atom is 0.263 e. The van der Waals surface area contributed by atoms with E-state index in [1.54, 1.807) is 6.20 Å². The molecule has 0 bridgehead atoms. The maximum atomic E-state index is 11.8. The fourth-order valence-corrected chi connectivity index (χ4v) is 3.00. The van der Waals surface area contributed by atoms with Crippen LogP contribution >= 0.6 is 23.7 Å². The van der Waals surface area contributed by atoms with E-state index in [2.05, 4.69) is 15.6 Å². The first-order valence-corrected chi connectivity index (χ1v) is 6.01. The molecule has 88 valence electrons. The third-order valence-electron chi connectivity index (χ3n) is 3.23. The van der Waals surface area contributed by atoms with Crippen LogP contribution < -0.4 is 10.6 Å². The Balaban J connectivity index is 0.000000963. The Morgan fingerprint density at radius 1 is 1.56 bits per heavy atom. The zero-order valence-electron chi connectivity index (χ0n) is 8.90. The number of halogens is 1. The molecule has 1 aromatic heterocycles. The molecule has 0 aromatic carbocycles. The van der Waals surface area contributed by atoms with Crippen LogP contribution in [0.5, 0.6) is 0 Å². The number of fused-ring (bicyclic) bond motifs is 1. The number of aryl methyl sites for hydroxylation is 1. The van der Waals surface area contributed by atoms with Gasteiger partial charge in [0, 0.05) is 19.1 Å². The molecule has 1 aliphatic heterocycles. The minimum absolute atomic E-state index is 0. The zero-order chi connectivity index (χ0) is 10.4. The highest BCUT2D eigenvalue weighted by Gasteiger charge is 2.53. The summed E-state index contributed by atoms with van der Waals surface area (Å²) in [4.78, 5) is 16.6. The SMILES string of the molecule is Cc1ncc(C(=O)NC2C3CNCC32)s1.Cl. The number of hydrogen-bond donors (Lipinski definition) is 2. The van der Waals surface area contributed by atoms with Gasteiger partial charge >= 0.3 is 0 Å². The summed E-state index contributed by atoms with van der Waals surface area (Å²) in [6.45, 7) is 4.02. The van der Waals surface area contributed by atoms with E-state index in [-0.39, 0.29) is 18.3 Å². The molecule has 1 amide bonds. The molecular formula is C10H14ClN3OS. The average molecular weight is 260 g/mol.